The minimum absolute atomic E-state index is 0.000954. The van der Waals surface area contributed by atoms with Crippen molar-refractivity contribution >= 4 is 33.5 Å². The molecule has 1 saturated heterocycles. The summed E-state index contributed by atoms with van der Waals surface area (Å²) >= 11 is 6.05. The maximum Gasteiger partial charge on any atom is 0.309 e. The molecule has 0 aliphatic carbocycles. The van der Waals surface area contributed by atoms with Crippen LogP contribution in [0.15, 0.2) is 23.1 Å². The largest absolute Gasteiger partial charge is 0.495 e. The lowest BCUT2D eigenvalue weighted by atomic mass is 9.97. The topological polar surface area (TPSA) is 93.2 Å². The van der Waals surface area contributed by atoms with E-state index in [-0.39, 0.29) is 40.8 Å². The molecule has 10 heteroatoms. The summed E-state index contributed by atoms with van der Waals surface area (Å²) in [6.07, 6.45) is 1.02. The molecule has 1 aliphatic rings. The molecule has 0 aromatic heterocycles. The standard InChI is InChI=1S/C19H27ClN2O6S/c1-4-22(29(25,26)15-6-7-17(27-3)16(20)12-15)13-18(23)21-10-8-14(9-11-21)19(24)28-5-2/h6-7,12,14H,4-5,8-11,13H2,1-3H3. The van der Waals surface area contributed by atoms with Gasteiger partial charge < -0.3 is 14.4 Å². The third-order valence-electron chi connectivity index (χ3n) is 4.89. The second-order valence-corrected chi connectivity index (χ2v) is 8.98. The number of benzene rings is 1. The van der Waals surface area contributed by atoms with Crippen LogP contribution in [0.2, 0.25) is 5.02 Å². The van der Waals surface area contributed by atoms with Crippen LogP contribution in [0, 0.1) is 5.92 Å². The summed E-state index contributed by atoms with van der Waals surface area (Å²) in [5.41, 5.74) is 0. The van der Waals surface area contributed by atoms with Crippen molar-refractivity contribution in [3.63, 3.8) is 0 Å². The summed E-state index contributed by atoms with van der Waals surface area (Å²) in [4.78, 5) is 26.1. The highest BCUT2D eigenvalue weighted by atomic mass is 35.5. The molecule has 162 valence electrons. The van der Waals surface area contributed by atoms with Crippen LogP contribution in [0.25, 0.3) is 0 Å². The van der Waals surface area contributed by atoms with Crippen molar-refractivity contribution in [2.24, 2.45) is 5.92 Å². The van der Waals surface area contributed by atoms with E-state index in [2.05, 4.69) is 0 Å². The van der Waals surface area contributed by atoms with E-state index in [1.807, 2.05) is 0 Å². The van der Waals surface area contributed by atoms with Crippen molar-refractivity contribution in [2.45, 2.75) is 31.6 Å². The Kier molecular flexibility index (Phi) is 8.30. The van der Waals surface area contributed by atoms with Crippen LogP contribution in [0.4, 0.5) is 0 Å². The van der Waals surface area contributed by atoms with Gasteiger partial charge in [-0.25, -0.2) is 8.42 Å². The van der Waals surface area contributed by atoms with E-state index in [4.69, 9.17) is 21.1 Å². The molecule has 0 N–H and O–H groups in total. The van der Waals surface area contributed by atoms with Gasteiger partial charge in [-0.05, 0) is 38.0 Å². The predicted octanol–water partition coefficient (Wildman–Crippen LogP) is 2.16. The monoisotopic (exact) mass is 446 g/mol. The second kappa shape index (κ2) is 10.3. The Hall–Kier alpha value is -1.84. The number of nitrogens with zero attached hydrogens (tertiary/aromatic N) is 2. The number of sulfonamides is 1. The number of methoxy groups -OCH3 is 1. The smallest absolute Gasteiger partial charge is 0.309 e. The highest BCUT2D eigenvalue weighted by Gasteiger charge is 2.31. The zero-order valence-electron chi connectivity index (χ0n) is 16.9. The molecule has 0 spiro atoms. The van der Waals surface area contributed by atoms with Gasteiger partial charge in [0.25, 0.3) is 0 Å². The molecule has 1 heterocycles. The maximum atomic E-state index is 12.9. The molecule has 0 radical (unpaired) electrons. The molecule has 0 bridgehead atoms. The summed E-state index contributed by atoms with van der Waals surface area (Å²) in [6, 6.07) is 4.19. The molecular formula is C19H27ClN2O6S. The number of hydrogen-bond acceptors (Lipinski definition) is 6. The number of rotatable bonds is 8. The normalized spacial score (nSPS) is 15.4. The molecule has 8 nitrogen and oxygen atoms in total. The summed E-state index contributed by atoms with van der Waals surface area (Å²) in [5, 5.41) is 0.178. The average molecular weight is 447 g/mol. The Morgan fingerprint density at radius 3 is 2.41 bits per heavy atom. The van der Waals surface area contributed by atoms with Gasteiger partial charge in [-0.3, -0.25) is 9.59 Å². The lowest BCUT2D eigenvalue weighted by molar-refractivity contribution is -0.151. The second-order valence-electron chi connectivity index (χ2n) is 6.63. The van der Waals surface area contributed by atoms with Crippen molar-refractivity contribution in [2.75, 3.05) is 39.9 Å². The quantitative estimate of drug-likeness (QED) is 0.568. The highest BCUT2D eigenvalue weighted by molar-refractivity contribution is 7.89. The molecule has 1 amide bonds. The number of likely N-dealkylation sites (N-methyl/N-ethyl adjacent to an activating group) is 1. The van der Waals surface area contributed by atoms with Gasteiger partial charge in [-0.2, -0.15) is 4.31 Å². The Labute approximate surface area is 176 Å². The van der Waals surface area contributed by atoms with Gasteiger partial charge >= 0.3 is 5.97 Å². The van der Waals surface area contributed by atoms with Crippen molar-refractivity contribution in [3.05, 3.63) is 23.2 Å². The number of hydrogen-bond donors (Lipinski definition) is 0. The van der Waals surface area contributed by atoms with Gasteiger partial charge in [0.05, 0.1) is 36.1 Å². The van der Waals surface area contributed by atoms with Gasteiger partial charge in [0, 0.05) is 19.6 Å². The van der Waals surface area contributed by atoms with E-state index in [0.717, 1.165) is 4.31 Å². The molecular weight excluding hydrogens is 420 g/mol. The van der Waals surface area contributed by atoms with E-state index >= 15 is 0 Å². The van der Waals surface area contributed by atoms with Gasteiger partial charge in [-0.1, -0.05) is 18.5 Å². The average Bonchev–Trinajstić information content (AvgIpc) is 2.71. The molecule has 0 saturated carbocycles. The number of carbonyl (C=O) groups is 2. The van der Waals surface area contributed by atoms with Gasteiger partial charge in [0.2, 0.25) is 15.9 Å². The first-order valence-electron chi connectivity index (χ1n) is 9.52. The fraction of sp³-hybridized carbons (Fsp3) is 0.579. The van der Waals surface area contributed by atoms with Crippen LogP contribution in [0.5, 0.6) is 5.75 Å². The fourth-order valence-corrected chi connectivity index (χ4v) is 4.95. The first-order chi connectivity index (χ1) is 13.7. The minimum Gasteiger partial charge on any atom is -0.495 e. The minimum atomic E-state index is -3.89. The molecule has 1 aromatic carbocycles. The lowest BCUT2D eigenvalue weighted by Crippen LogP contribution is -2.46. The Morgan fingerprint density at radius 1 is 1.24 bits per heavy atom. The number of halogens is 1. The number of esters is 1. The SMILES string of the molecule is CCOC(=O)C1CCN(C(=O)CN(CC)S(=O)(=O)c2ccc(OC)c(Cl)c2)CC1. The van der Waals surface area contributed by atoms with Gasteiger partial charge in [0.15, 0.2) is 0 Å². The Bertz CT molecular complexity index is 837. The summed E-state index contributed by atoms with van der Waals surface area (Å²) < 4.78 is 37.1. The van der Waals surface area contributed by atoms with Gasteiger partial charge in [0.1, 0.15) is 5.75 Å². The van der Waals surface area contributed by atoms with E-state index in [9.17, 15) is 18.0 Å². The maximum absolute atomic E-state index is 12.9. The molecule has 2 rings (SSSR count). The molecule has 0 atom stereocenters. The number of likely N-dealkylation sites (tertiary alicyclic amines) is 1. The zero-order chi connectivity index (χ0) is 21.6. The zero-order valence-corrected chi connectivity index (χ0v) is 18.5. The van der Waals surface area contributed by atoms with Crippen LogP contribution < -0.4 is 4.74 Å². The van der Waals surface area contributed by atoms with Crippen molar-refractivity contribution in [1.29, 1.82) is 0 Å². The first kappa shape index (κ1) is 23.4. The number of amides is 1. The van der Waals surface area contributed by atoms with E-state index in [0.29, 0.717) is 38.3 Å². The van der Waals surface area contributed by atoms with Crippen LogP contribution >= 0.6 is 11.6 Å². The highest BCUT2D eigenvalue weighted by Crippen LogP contribution is 2.28. The van der Waals surface area contributed by atoms with Gasteiger partial charge in [-0.15, -0.1) is 0 Å². The summed E-state index contributed by atoms with van der Waals surface area (Å²) in [7, 11) is -2.45. The molecule has 1 aliphatic heterocycles. The molecule has 29 heavy (non-hydrogen) atoms. The third kappa shape index (κ3) is 5.61. The fourth-order valence-electron chi connectivity index (χ4n) is 3.20. The van der Waals surface area contributed by atoms with E-state index in [1.54, 1.807) is 18.7 Å². The van der Waals surface area contributed by atoms with Crippen LogP contribution in [-0.2, 0) is 24.3 Å². The summed E-state index contributed by atoms with van der Waals surface area (Å²) in [6.45, 7) is 4.41. The molecule has 1 fully saturated rings. The van der Waals surface area contributed by atoms with Crippen LogP contribution in [0.3, 0.4) is 0 Å². The van der Waals surface area contributed by atoms with Crippen molar-refractivity contribution < 1.29 is 27.5 Å². The molecule has 0 unspecified atom stereocenters. The predicted molar refractivity (Wildman–Crippen MR) is 108 cm³/mol. The number of carbonyl (C=O) groups excluding carboxylic acids is 2. The first-order valence-corrected chi connectivity index (χ1v) is 11.3. The molecule has 1 aromatic rings. The Morgan fingerprint density at radius 2 is 1.90 bits per heavy atom. The van der Waals surface area contributed by atoms with Crippen molar-refractivity contribution in [1.82, 2.24) is 9.21 Å². The number of piperidine rings is 1. The summed E-state index contributed by atoms with van der Waals surface area (Å²) in [5.74, 6) is -0.383. The Balaban J connectivity index is 2.04. The van der Waals surface area contributed by atoms with E-state index in [1.165, 1.54) is 25.3 Å². The van der Waals surface area contributed by atoms with Crippen LogP contribution in [0.1, 0.15) is 26.7 Å². The van der Waals surface area contributed by atoms with Crippen LogP contribution in [-0.4, -0.2) is 69.4 Å². The third-order valence-corrected chi connectivity index (χ3v) is 7.11. The lowest BCUT2D eigenvalue weighted by Gasteiger charge is -2.32. The number of ether oxygens (including phenoxy) is 2. The van der Waals surface area contributed by atoms with E-state index < -0.39 is 10.0 Å². The van der Waals surface area contributed by atoms with Crippen molar-refractivity contribution in [3.8, 4) is 5.75 Å².